The molecule has 2 amide bonds. The molecule has 1 aliphatic heterocycles. The van der Waals surface area contributed by atoms with Crippen molar-refractivity contribution in [1.82, 2.24) is 10.2 Å². The highest BCUT2D eigenvalue weighted by molar-refractivity contribution is 6.04. The Balaban J connectivity index is 1.56. The van der Waals surface area contributed by atoms with Gasteiger partial charge in [-0.2, -0.15) is 0 Å². The fraction of sp³-hybridized carbons (Fsp3) is 0.440. The zero-order chi connectivity index (χ0) is 21.5. The van der Waals surface area contributed by atoms with Gasteiger partial charge in [-0.25, -0.2) is 0 Å². The summed E-state index contributed by atoms with van der Waals surface area (Å²) >= 11 is 0. The van der Waals surface area contributed by atoms with Gasteiger partial charge in [-0.05, 0) is 69.5 Å². The summed E-state index contributed by atoms with van der Waals surface area (Å²) in [5, 5.41) is 5.98. The zero-order valence-corrected chi connectivity index (χ0v) is 18.3. The summed E-state index contributed by atoms with van der Waals surface area (Å²) in [5.74, 6) is -0.161. The van der Waals surface area contributed by atoms with E-state index in [-0.39, 0.29) is 23.8 Å². The molecule has 5 nitrogen and oxygen atoms in total. The normalized spacial score (nSPS) is 16.1. The minimum Gasteiger partial charge on any atom is -0.350 e. The first-order chi connectivity index (χ1) is 14.5. The summed E-state index contributed by atoms with van der Waals surface area (Å²) in [6.45, 7) is 8.89. The number of rotatable bonds is 7. The minimum atomic E-state index is -0.145. The fourth-order valence-electron chi connectivity index (χ4n) is 3.81. The van der Waals surface area contributed by atoms with Crippen LogP contribution in [-0.2, 0) is 11.3 Å². The van der Waals surface area contributed by atoms with Crippen LogP contribution in [0.2, 0.25) is 0 Å². The number of nitrogens with zero attached hydrogens (tertiary/aromatic N) is 1. The molecule has 5 heteroatoms. The highest BCUT2D eigenvalue weighted by Crippen LogP contribution is 2.23. The molecule has 0 saturated carbocycles. The molecule has 2 aromatic rings. The molecule has 0 unspecified atom stereocenters. The molecule has 1 fully saturated rings. The molecule has 30 heavy (non-hydrogen) atoms. The summed E-state index contributed by atoms with van der Waals surface area (Å²) in [4.78, 5) is 27.9. The van der Waals surface area contributed by atoms with E-state index in [4.69, 9.17) is 0 Å². The van der Waals surface area contributed by atoms with Crippen LogP contribution in [-0.4, -0.2) is 35.8 Å². The Morgan fingerprint density at radius 2 is 1.73 bits per heavy atom. The Bertz CT molecular complexity index is 872. The fourth-order valence-corrected chi connectivity index (χ4v) is 3.81. The van der Waals surface area contributed by atoms with Crippen LogP contribution in [0.1, 0.15) is 54.6 Å². The van der Waals surface area contributed by atoms with Gasteiger partial charge in [0.1, 0.15) is 0 Å². The highest BCUT2D eigenvalue weighted by Gasteiger charge is 2.26. The molecule has 1 saturated heterocycles. The van der Waals surface area contributed by atoms with Gasteiger partial charge in [-0.3, -0.25) is 14.5 Å². The van der Waals surface area contributed by atoms with E-state index in [9.17, 15) is 9.59 Å². The van der Waals surface area contributed by atoms with E-state index < -0.39 is 0 Å². The van der Waals surface area contributed by atoms with E-state index in [1.807, 2.05) is 26.0 Å². The summed E-state index contributed by atoms with van der Waals surface area (Å²) in [7, 11) is 0. The van der Waals surface area contributed by atoms with Crippen molar-refractivity contribution in [2.45, 2.75) is 52.6 Å². The van der Waals surface area contributed by atoms with Gasteiger partial charge < -0.3 is 10.6 Å². The molecule has 0 radical (unpaired) electrons. The van der Waals surface area contributed by atoms with Crippen molar-refractivity contribution in [2.24, 2.45) is 5.92 Å². The van der Waals surface area contributed by atoms with Crippen LogP contribution in [0.15, 0.2) is 48.5 Å². The number of amides is 2. The topological polar surface area (TPSA) is 61.4 Å². The van der Waals surface area contributed by atoms with E-state index >= 15 is 0 Å². The van der Waals surface area contributed by atoms with Crippen LogP contribution in [0.3, 0.4) is 0 Å². The van der Waals surface area contributed by atoms with Crippen molar-refractivity contribution in [1.29, 1.82) is 0 Å². The van der Waals surface area contributed by atoms with Gasteiger partial charge in [0.15, 0.2) is 0 Å². The average Bonchev–Trinajstić information content (AvgIpc) is 2.76. The SMILES string of the molecule is CC[C@@H](C)NC(=O)c1ccccc1NC(=O)C1CCN(Cc2ccccc2C)CC1. The van der Waals surface area contributed by atoms with Gasteiger partial charge in [0.2, 0.25) is 5.91 Å². The lowest BCUT2D eigenvalue weighted by atomic mass is 9.95. The van der Waals surface area contributed by atoms with Crippen LogP contribution in [0.4, 0.5) is 5.69 Å². The predicted molar refractivity (Wildman–Crippen MR) is 121 cm³/mol. The third kappa shape index (κ3) is 5.70. The van der Waals surface area contributed by atoms with E-state index in [2.05, 4.69) is 46.7 Å². The predicted octanol–water partition coefficient (Wildman–Crippen LogP) is 4.37. The van der Waals surface area contributed by atoms with Crippen molar-refractivity contribution in [3.05, 3.63) is 65.2 Å². The van der Waals surface area contributed by atoms with Crippen molar-refractivity contribution in [2.75, 3.05) is 18.4 Å². The maximum atomic E-state index is 12.9. The molecular formula is C25H33N3O2. The van der Waals surface area contributed by atoms with Crippen LogP contribution in [0.25, 0.3) is 0 Å². The van der Waals surface area contributed by atoms with Gasteiger partial charge in [-0.15, -0.1) is 0 Å². The number of nitrogens with one attached hydrogen (secondary N) is 2. The first-order valence-electron chi connectivity index (χ1n) is 11.0. The number of likely N-dealkylation sites (tertiary alicyclic amines) is 1. The van der Waals surface area contributed by atoms with Crippen molar-refractivity contribution >= 4 is 17.5 Å². The van der Waals surface area contributed by atoms with E-state index in [0.717, 1.165) is 38.9 Å². The second-order valence-corrected chi connectivity index (χ2v) is 8.29. The Labute approximate surface area is 179 Å². The second kappa shape index (κ2) is 10.4. The number of para-hydroxylation sites is 1. The number of aryl methyl sites for hydroxylation is 1. The largest absolute Gasteiger partial charge is 0.350 e. The summed E-state index contributed by atoms with van der Waals surface area (Å²) in [5.41, 5.74) is 3.76. The van der Waals surface area contributed by atoms with Gasteiger partial charge in [0.25, 0.3) is 5.91 Å². The number of carbonyl (C=O) groups is 2. The third-order valence-electron chi connectivity index (χ3n) is 6.03. The highest BCUT2D eigenvalue weighted by atomic mass is 16.2. The average molecular weight is 408 g/mol. The van der Waals surface area contributed by atoms with Crippen molar-refractivity contribution in [3.63, 3.8) is 0 Å². The molecule has 2 aromatic carbocycles. The number of benzene rings is 2. The summed E-state index contributed by atoms with van der Waals surface area (Å²) in [6.07, 6.45) is 2.53. The summed E-state index contributed by atoms with van der Waals surface area (Å²) in [6, 6.07) is 15.8. The lowest BCUT2D eigenvalue weighted by Crippen LogP contribution is -2.38. The molecule has 3 rings (SSSR count). The number of hydrogen-bond donors (Lipinski definition) is 2. The molecular weight excluding hydrogens is 374 g/mol. The lowest BCUT2D eigenvalue weighted by Gasteiger charge is -2.31. The quantitative estimate of drug-likeness (QED) is 0.716. The smallest absolute Gasteiger partial charge is 0.253 e. The van der Waals surface area contributed by atoms with Gasteiger partial charge >= 0.3 is 0 Å². The number of hydrogen-bond acceptors (Lipinski definition) is 3. The van der Waals surface area contributed by atoms with Crippen LogP contribution in [0.5, 0.6) is 0 Å². The molecule has 2 N–H and O–H groups in total. The first kappa shape index (κ1) is 22.0. The van der Waals surface area contributed by atoms with E-state index in [1.54, 1.807) is 12.1 Å². The summed E-state index contributed by atoms with van der Waals surface area (Å²) < 4.78 is 0. The van der Waals surface area contributed by atoms with Crippen molar-refractivity contribution in [3.8, 4) is 0 Å². The lowest BCUT2D eigenvalue weighted by molar-refractivity contribution is -0.121. The van der Waals surface area contributed by atoms with Crippen LogP contribution in [0, 0.1) is 12.8 Å². The zero-order valence-electron chi connectivity index (χ0n) is 18.3. The van der Waals surface area contributed by atoms with Crippen LogP contribution >= 0.6 is 0 Å². The minimum absolute atomic E-state index is 0.00864. The Hall–Kier alpha value is -2.66. The first-order valence-corrected chi connectivity index (χ1v) is 11.0. The van der Waals surface area contributed by atoms with Gasteiger partial charge in [-0.1, -0.05) is 43.3 Å². The maximum Gasteiger partial charge on any atom is 0.253 e. The number of carbonyl (C=O) groups excluding carboxylic acids is 2. The van der Waals surface area contributed by atoms with Crippen LogP contribution < -0.4 is 10.6 Å². The Kier molecular flexibility index (Phi) is 7.63. The van der Waals surface area contributed by atoms with E-state index in [0.29, 0.717) is 11.3 Å². The molecule has 0 bridgehead atoms. The second-order valence-electron chi connectivity index (χ2n) is 8.29. The Morgan fingerprint density at radius 1 is 1.07 bits per heavy atom. The van der Waals surface area contributed by atoms with E-state index in [1.165, 1.54) is 11.1 Å². The monoisotopic (exact) mass is 407 g/mol. The molecule has 0 aromatic heterocycles. The number of anilines is 1. The molecule has 1 heterocycles. The molecule has 0 aliphatic carbocycles. The van der Waals surface area contributed by atoms with Gasteiger partial charge in [0.05, 0.1) is 11.3 Å². The molecule has 1 aliphatic rings. The van der Waals surface area contributed by atoms with Crippen molar-refractivity contribution < 1.29 is 9.59 Å². The standard InChI is InChI=1S/C25H33N3O2/c1-4-19(3)26-25(30)22-11-7-8-12-23(22)27-24(29)20-13-15-28(16-14-20)17-21-10-6-5-9-18(21)2/h5-12,19-20H,4,13-17H2,1-3H3,(H,26,30)(H,27,29)/t19-/m1/s1. The number of piperidine rings is 1. The van der Waals surface area contributed by atoms with Gasteiger partial charge in [0, 0.05) is 18.5 Å². The Morgan fingerprint density at radius 3 is 2.43 bits per heavy atom. The molecule has 160 valence electrons. The third-order valence-corrected chi connectivity index (χ3v) is 6.03. The molecule has 1 atom stereocenters. The molecule has 0 spiro atoms. The maximum absolute atomic E-state index is 12.9.